The highest BCUT2D eigenvalue weighted by atomic mass is 16.7. The van der Waals surface area contributed by atoms with Crippen LogP contribution in [0.4, 0.5) is 0 Å². The summed E-state index contributed by atoms with van der Waals surface area (Å²) < 4.78 is 28.3. The summed E-state index contributed by atoms with van der Waals surface area (Å²) in [5.41, 5.74) is 5.01. The SMILES string of the molecule is c1c2c(cc3c1OCO3)-c1cc3c(cc1C[C@H]1COC[C@@H]1C2)OCO3. The Kier molecular flexibility index (Phi) is 2.80. The lowest BCUT2D eigenvalue weighted by Gasteiger charge is -2.25. The first kappa shape index (κ1) is 13.8. The Morgan fingerprint density at radius 3 is 1.52 bits per heavy atom. The normalized spacial score (nSPS) is 25.0. The minimum Gasteiger partial charge on any atom is -0.454 e. The molecule has 1 fully saturated rings. The van der Waals surface area contributed by atoms with E-state index in [4.69, 9.17) is 23.7 Å². The molecule has 5 heteroatoms. The number of fused-ring (bicyclic) bond motifs is 6. The molecule has 6 rings (SSSR count). The molecule has 0 aromatic heterocycles. The van der Waals surface area contributed by atoms with Crippen molar-refractivity contribution in [2.24, 2.45) is 11.8 Å². The number of hydrogen-bond donors (Lipinski definition) is 0. The molecule has 0 bridgehead atoms. The van der Waals surface area contributed by atoms with Crippen LogP contribution in [0.5, 0.6) is 23.0 Å². The Balaban J connectivity index is 1.59. The Morgan fingerprint density at radius 1 is 0.600 bits per heavy atom. The maximum atomic E-state index is 5.81. The summed E-state index contributed by atoms with van der Waals surface area (Å²) in [7, 11) is 0. The van der Waals surface area contributed by atoms with Crippen LogP contribution in [0.1, 0.15) is 11.1 Å². The number of ether oxygens (including phenoxy) is 5. The average Bonchev–Trinajstić information content (AvgIpc) is 3.33. The van der Waals surface area contributed by atoms with Gasteiger partial charge in [0.1, 0.15) is 0 Å². The van der Waals surface area contributed by atoms with Gasteiger partial charge < -0.3 is 23.7 Å². The molecule has 2 atom stereocenters. The fraction of sp³-hybridized carbons (Fsp3) is 0.400. The predicted octanol–water partition coefficient (Wildman–Crippen LogP) is 3.17. The van der Waals surface area contributed by atoms with Crippen molar-refractivity contribution in [1.29, 1.82) is 0 Å². The van der Waals surface area contributed by atoms with Crippen LogP contribution >= 0.6 is 0 Å². The molecule has 25 heavy (non-hydrogen) atoms. The molecule has 0 radical (unpaired) electrons. The topological polar surface area (TPSA) is 46.2 Å². The zero-order valence-electron chi connectivity index (χ0n) is 13.7. The van der Waals surface area contributed by atoms with E-state index < -0.39 is 0 Å². The summed E-state index contributed by atoms with van der Waals surface area (Å²) in [6, 6.07) is 8.53. The number of rotatable bonds is 0. The molecule has 3 heterocycles. The average molecular weight is 338 g/mol. The van der Waals surface area contributed by atoms with E-state index in [2.05, 4.69) is 24.3 Å². The molecule has 0 N–H and O–H groups in total. The second-order valence-electron chi connectivity index (χ2n) is 7.19. The maximum Gasteiger partial charge on any atom is 0.231 e. The first-order valence-electron chi connectivity index (χ1n) is 8.78. The largest absolute Gasteiger partial charge is 0.454 e. The van der Waals surface area contributed by atoms with Gasteiger partial charge in [-0.25, -0.2) is 0 Å². The zero-order valence-corrected chi connectivity index (χ0v) is 13.7. The highest BCUT2D eigenvalue weighted by molar-refractivity contribution is 5.77. The van der Waals surface area contributed by atoms with E-state index in [1.54, 1.807) is 0 Å². The van der Waals surface area contributed by atoms with Gasteiger partial charge in [-0.05, 0) is 71.2 Å². The van der Waals surface area contributed by atoms with Crippen molar-refractivity contribution >= 4 is 0 Å². The fourth-order valence-corrected chi connectivity index (χ4v) is 4.47. The van der Waals surface area contributed by atoms with Crippen molar-refractivity contribution in [1.82, 2.24) is 0 Å². The molecule has 3 aliphatic heterocycles. The first-order valence-corrected chi connectivity index (χ1v) is 8.78. The summed E-state index contributed by atoms with van der Waals surface area (Å²) in [6.45, 7) is 2.25. The van der Waals surface area contributed by atoms with Crippen LogP contribution in [0.15, 0.2) is 24.3 Å². The molecule has 2 aromatic carbocycles. The highest BCUT2D eigenvalue weighted by Crippen LogP contribution is 2.47. The zero-order chi connectivity index (χ0) is 16.4. The van der Waals surface area contributed by atoms with Gasteiger partial charge in [0, 0.05) is 0 Å². The number of hydrogen-bond acceptors (Lipinski definition) is 5. The third-order valence-corrected chi connectivity index (χ3v) is 5.78. The fourth-order valence-electron chi connectivity index (χ4n) is 4.47. The Hall–Kier alpha value is -2.40. The molecule has 5 nitrogen and oxygen atoms in total. The van der Waals surface area contributed by atoms with Crippen molar-refractivity contribution < 1.29 is 23.7 Å². The first-order chi connectivity index (χ1) is 12.3. The van der Waals surface area contributed by atoms with E-state index in [1.807, 2.05) is 0 Å². The van der Waals surface area contributed by atoms with Crippen LogP contribution in [0.3, 0.4) is 0 Å². The Labute approximate surface area is 145 Å². The molecule has 4 aliphatic rings. The lowest BCUT2D eigenvalue weighted by Crippen LogP contribution is -2.20. The Bertz CT molecular complexity index is 803. The van der Waals surface area contributed by atoms with Gasteiger partial charge in [-0.2, -0.15) is 0 Å². The van der Waals surface area contributed by atoms with Gasteiger partial charge in [-0.3, -0.25) is 0 Å². The van der Waals surface area contributed by atoms with Gasteiger partial charge in [0.25, 0.3) is 0 Å². The second-order valence-corrected chi connectivity index (χ2v) is 7.19. The van der Waals surface area contributed by atoms with Gasteiger partial charge in [0.2, 0.25) is 13.6 Å². The summed E-state index contributed by atoms with van der Waals surface area (Å²) in [5, 5.41) is 0. The van der Waals surface area contributed by atoms with Gasteiger partial charge in [-0.1, -0.05) is 0 Å². The summed E-state index contributed by atoms with van der Waals surface area (Å²) in [4.78, 5) is 0. The van der Waals surface area contributed by atoms with Crippen LogP contribution in [0.25, 0.3) is 11.1 Å². The molecule has 0 unspecified atom stereocenters. The van der Waals surface area contributed by atoms with Gasteiger partial charge >= 0.3 is 0 Å². The second kappa shape index (κ2) is 5.05. The Morgan fingerprint density at radius 2 is 1.04 bits per heavy atom. The monoisotopic (exact) mass is 338 g/mol. The highest BCUT2D eigenvalue weighted by Gasteiger charge is 2.34. The van der Waals surface area contributed by atoms with Crippen LogP contribution < -0.4 is 18.9 Å². The summed E-state index contributed by atoms with van der Waals surface area (Å²) in [6.07, 6.45) is 2.01. The quantitative estimate of drug-likeness (QED) is 0.738. The van der Waals surface area contributed by atoms with Crippen molar-refractivity contribution in [3.05, 3.63) is 35.4 Å². The van der Waals surface area contributed by atoms with E-state index in [9.17, 15) is 0 Å². The van der Waals surface area contributed by atoms with E-state index >= 15 is 0 Å². The molecule has 128 valence electrons. The standard InChI is InChI=1S/C20H18O5/c1-11-3-17-19(24-9-22-17)5-15(11)16-6-20-18(23-10-25-20)4-12(16)2-14-8-21-7-13(1)14/h3-6,13-14H,1-2,7-10H2/t13-,14-/m0/s1. The van der Waals surface area contributed by atoms with E-state index in [1.165, 1.54) is 22.3 Å². The van der Waals surface area contributed by atoms with Crippen molar-refractivity contribution in [2.45, 2.75) is 12.8 Å². The van der Waals surface area contributed by atoms with E-state index in [0.717, 1.165) is 49.1 Å². The van der Waals surface area contributed by atoms with Crippen LogP contribution in [0.2, 0.25) is 0 Å². The molecular formula is C20H18O5. The van der Waals surface area contributed by atoms with Crippen molar-refractivity contribution in [3.8, 4) is 34.1 Å². The number of benzene rings is 2. The van der Waals surface area contributed by atoms with Crippen LogP contribution in [-0.4, -0.2) is 26.8 Å². The third-order valence-electron chi connectivity index (χ3n) is 5.78. The van der Waals surface area contributed by atoms with Crippen molar-refractivity contribution in [2.75, 3.05) is 26.8 Å². The van der Waals surface area contributed by atoms with Gasteiger partial charge in [0.15, 0.2) is 23.0 Å². The summed E-state index contributed by atoms with van der Waals surface area (Å²) in [5.74, 6) is 4.41. The molecule has 2 aromatic rings. The minimum absolute atomic E-state index is 0.293. The minimum atomic E-state index is 0.293. The van der Waals surface area contributed by atoms with Crippen LogP contribution in [-0.2, 0) is 17.6 Å². The smallest absolute Gasteiger partial charge is 0.231 e. The van der Waals surface area contributed by atoms with Crippen molar-refractivity contribution in [3.63, 3.8) is 0 Å². The third kappa shape index (κ3) is 2.05. The maximum absolute atomic E-state index is 5.81. The molecule has 1 saturated heterocycles. The predicted molar refractivity (Wildman–Crippen MR) is 89.3 cm³/mol. The molecule has 0 spiro atoms. The summed E-state index contributed by atoms with van der Waals surface area (Å²) >= 11 is 0. The molecular weight excluding hydrogens is 320 g/mol. The molecule has 0 saturated carbocycles. The van der Waals surface area contributed by atoms with E-state index in [-0.39, 0.29) is 0 Å². The van der Waals surface area contributed by atoms with Gasteiger partial charge in [0.05, 0.1) is 13.2 Å². The lowest BCUT2D eigenvalue weighted by atomic mass is 9.78. The molecule has 1 aliphatic carbocycles. The lowest BCUT2D eigenvalue weighted by molar-refractivity contribution is 0.173. The van der Waals surface area contributed by atoms with Crippen LogP contribution in [0, 0.1) is 11.8 Å². The van der Waals surface area contributed by atoms with Gasteiger partial charge in [-0.15, -0.1) is 0 Å². The molecule has 0 amide bonds. The van der Waals surface area contributed by atoms with E-state index in [0.29, 0.717) is 25.4 Å².